The fraction of sp³-hybridized carbons (Fsp3) is 0.111. The van der Waals surface area contributed by atoms with Crippen LogP contribution >= 0.6 is 0 Å². The molecule has 0 aliphatic carbocycles. The fourth-order valence-corrected chi connectivity index (χ4v) is 2.06. The molecule has 0 fully saturated rings. The highest BCUT2D eigenvalue weighted by Crippen LogP contribution is 2.17. The molecule has 0 unspecified atom stereocenters. The Morgan fingerprint density at radius 2 is 1.63 bits per heavy atom. The van der Waals surface area contributed by atoms with Crippen LogP contribution in [0.2, 0.25) is 0 Å². The Morgan fingerprint density at radius 3 is 2.30 bits per heavy atom. The van der Waals surface area contributed by atoms with E-state index in [2.05, 4.69) is 30.8 Å². The van der Waals surface area contributed by atoms with Gasteiger partial charge in [-0.1, -0.05) is 0 Å². The predicted molar refractivity (Wildman–Crippen MR) is 103 cm³/mol. The molecule has 0 radical (unpaired) electrons. The summed E-state index contributed by atoms with van der Waals surface area (Å²) in [7, 11) is 3.61. The number of anilines is 4. The second-order valence-electron chi connectivity index (χ2n) is 5.77. The summed E-state index contributed by atoms with van der Waals surface area (Å²) >= 11 is 0. The van der Waals surface area contributed by atoms with Crippen LogP contribution in [0.4, 0.5) is 27.9 Å². The zero-order chi connectivity index (χ0) is 19.2. The second-order valence-corrected chi connectivity index (χ2v) is 5.77. The van der Waals surface area contributed by atoms with Crippen molar-refractivity contribution in [3.05, 3.63) is 59.9 Å². The molecule has 0 saturated heterocycles. The van der Waals surface area contributed by atoms with E-state index in [0.29, 0.717) is 17.6 Å². The molecule has 1 heterocycles. The maximum absolute atomic E-state index is 13.0. The summed E-state index contributed by atoms with van der Waals surface area (Å²) in [5.41, 5.74) is 4.20. The van der Waals surface area contributed by atoms with Gasteiger partial charge in [0.15, 0.2) is 0 Å². The number of nitrogens with one attached hydrogen (secondary N) is 2. The quantitative estimate of drug-likeness (QED) is 0.455. The van der Waals surface area contributed by atoms with Crippen molar-refractivity contribution >= 4 is 29.7 Å². The molecule has 9 heteroatoms. The highest BCUT2D eigenvalue weighted by molar-refractivity contribution is 5.80. The second kappa shape index (κ2) is 8.09. The Bertz CT molecular complexity index is 927. The summed E-state index contributed by atoms with van der Waals surface area (Å²) in [4.78, 5) is 14.6. The molecule has 27 heavy (non-hydrogen) atoms. The van der Waals surface area contributed by atoms with E-state index in [4.69, 9.17) is 0 Å². The van der Waals surface area contributed by atoms with Gasteiger partial charge >= 0.3 is 0 Å². The first kappa shape index (κ1) is 18.1. The van der Waals surface area contributed by atoms with Gasteiger partial charge in [0, 0.05) is 19.8 Å². The van der Waals surface area contributed by atoms with Gasteiger partial charge in [-0.3, -0.25) is 0 Å². The number of nitrogens with zero attached hydrogens (tertiary/aromatic N) is 5. The number of halogens is 1. The molecular weight excluding hydrogens is 349 g/mol. The normalized spacial score (nSPS) is 10.8. The fourth-order valence-electron chi connectivity index (χ4n) is 2.06. The average Bonchev–Trinajstić information content (AvgIpc) is 2.65. The van der Waals surface area contributed by atoms with Crippen LogP contribution in [0.3, 0.4) is 0 Å². The molecule has 3 rings (SSSR count). The number of aromatic hydroxyl groups is 1. The number of hydrazone groups is 1. The number of phenolic OH excluding ortho intramolecular Hbond substituents is 1. The number of phenols is 1. The Hall–Kier alpha value is -3.75. The third-order valence-electron chi connectivity index (χ3n) is 3.40. The summed E-state index contributed by atoms with van der Waals surface area (Å²) in [5, 5.41) is 16.4. The van der Waals surface area contributed by atoms with Gasteiger partial charge in [0.25, 0.3) is 0 Å². The van der Waals surface area contributed by atoms with Crippen molar-refractivity contribution in [2.24, 2.45) is 5.10 Å². The first-order valence-electron chi connectivity index (χ1n) is 8.04. The van der Waals surface area contributed by atoms with E-state index in [0.717, 1.165) is 5.56 Å². The highest BCUT2D eigenvalue weighted by Gasteiger charge is 2.08. The third-order valence-corrected chi connectivity index (χ3v) is 3.40. The molecule has 0 spiro atoms. The Kier molecular flexibility index (Phi) is 5.41. The maximum Gasteiger partial charge on any atom is 0.250 e. The van der Waals surface area contributed by atoms with Crippen molar-refractivity contribution in [2.45, 2.75) is 0 Å². The lowest BCUT2D eigenvalue weighted by Gasteiger charge is -2.13. The maximum atomic E-state index is 13.0. The van der Waals surface area contributed by atoms with Crippen LogP contribution in [0.15, 0.2) is 53.6 Å². The van der Waals surface area contributed by atoms with Crippen molar-refractivity contribution in [1.82, 2.24) is 15.0 Å². The van der Waals surface area contributed by atoms with Crippen LogP contribution in [-0.2, 0) is 0 Å². The molecule has 0 saturated carbocycles. The van der Waals surface area contributed by atoms with Crippen molar-refractivity contribution in [2.75, 3.05) is 29.7 Å². The Balaban J connectivity index is 1.78. The molecule has 0 aliphatic rings. The molecular formula is C18H18FN7O. The van der Waals surface area contributed by atoms with E-state index in [1.54, 1.807) is 61.6 Å². The van der Waals surface area contributed by atoms with E-state index in [1.807, 2.05) is 0 Å². The van der Waals surface area contributed by atoms with Gasteiger partial charge in [-0.15, -0.1) is 0 Å². The van der Waals surface area contributed by atoms with Gasteiger partial charge in [-0.2, -0.15) is 20.1 Å². The summed E-state index contributed by atoms with van der Waals surface area (Å²) in [6, 6.07) is 12.4. The zero-order valence-corrected chi connectivity index (χ0v) is 14.8. The van der Waals surface area contributed by atoms with Gasteiger partial charge < -0.3 is 15.3 Å². The van der Waals surface area contributed by atoms with E-state index in [1.165, 1.54) is 12.1 Å². The summed E-state index contributed by atoms with van der Waals surface area (Å²) < 4.78 is 13.0. The van der Waals surface area contributed by atoms with Gasteiger partial charge in [0.05, 0.1) is 6.21 Å². The van der Waals surface area contributed by atoms with Crippen molar-refractivity contribution in [1.29, 1.82) is 0 Å². The topological polar surface area (TPSA) is 98.6 Å². The molecule has 8 nitrogen and oxygen atoms in total. The molecule has 0 amide bonds. The summed E-state index contributed by atoms with van der Waals surface area (Å²) in [5.74, 6) is 0.828. The molecule has 1 aromatic heterocycles. The number of rotatable bonds is 6. The lowest BCUT2D eigenvalue weighted by Crippen LogP contribution is -2.15. The standard InChI is InChI=1S/C18H18FN7O/c1-26(2)18-23-16(21-14-7-5-13(19)6-8-14)22-17(24-18)25-20-11-12-3-9-15(27)10-4-12/h3-11,27H,1-2H3,(H2,21,22,23,24,25). The van der Waals surface area contributed by atoms with E-state index in [-0.39, 0.29) is 17.5 Å². The minimum Gasteiger partial charge on any atom is -0.508 e. The number of hydrogen-bond acceptors (Lipinski definition) is 8. The van der Waals surface area contributed by atoms with Gasteiger partial charge in [-0.05, 0) is 54.1 Å². The number of hydrogen-bond donors (Lipinski definition) is 3. The lowest BCUT2D eigenvalue weighted by molar-refractivity contribution is 0.475. The molecule has 3 aromatic rings. The van der Waals surface area contributed by atoms with E-state index in [9.17, 15) is 9.50 Å². The summed E-state index contributed by atoms with van der Waals surface area (Å²) in [6.07, 6.45) is 1.58. The molecule has 0 bridgehead atoms. The van der Waals surface area contributed by atoms with Crippen LogP contribution in [0, 0.1) is 5.82 Å². The smallest absolute Gasteiger partial charge is 0.250 e. The Labute approximate surface area is 155 Å². The molecule has 2 aromatic carbocycles. The molecule has 3 N–H and O–H groups in total. The minimum absolute atomic E-state index is 0.185. The highest BCUT2D eigenvalue weighted by atomic mass is 19.1. The van der Waals surface area contributed by atoms with E-state index >= 15 is 0 Å². The van der Waals surface area contributed by atoms with E-state index < -0.39 is 0 Å². The van der Waals surface area contributed by atoms with Crippen molar-refractivity contribution in [3.8, 4) is 5.75 Å². The third kappa shape index (κ3) is 5.11. The Morgan fingerprint density at radius 1 is 0.963 bits per heavy atom. The first-order valence-corrected chi connectivity index (χ1v) is 8.04. The monoisotopic (exact) mass is 367 g/mol. The van der Waals surface area contributed by atoms with Crippen molar-refractivity contribution < 1.29 is 9.50 Å². The first-order chi connectivity index (χ1) is 13.0. The largest absolute Gasteiger partial charge is 0.508 e. The SMILES string of the molecule is CN(C)c1nc(NN=Cc2ccc(O)cc2)nc(Nc2ccc(F)cc2)n1. The van der Waals surface area contributed by atoms with Crippen LogP contribution in [0.25, 0.3) is 0 Å². The average molecular weight is 367 g/mol. The van der Waals surface area contributed by atoms with Crippen LogP contribution in [-0.4, -0.2) is 40.4 Å². The van der Waals surface area contributed by atoms with Crippen LogP contribution in [0.5, 0.6) is 5.75 Å². The van der Waals surface area contributed by atoms with Gasteiger partial charge in [0.2, 0.25) is 17.8 Å². The zero-order valence-electron chi connectivity index (χ0n) is 14.8. The minimum atomic E-state index is -0.323. The molecule has 138 valence electrons. The van der Waals surface area contributed by atoms with Gasteiger partial charge in [-0.25, -0.2) is 9.82 Å². The lowest BCUT2D eigenvalue weighted by atomic mass is 10.2. The van der Waals surface area contributed by atoms with Crippen LogP contribution < -0.4 is 15.6 Å². The summed E-state index contributed by atoms with van der Waals surface area (Å²) in [6.45, 7) is 0. The number of benzene rings is 2. The van der Waals surface area contributed by atoms with Gasteiger partial charge in [0.1, 0.15) is 11.6 Å². The van der Waals surface area contributed by atoms with Crippen molar-refractivity contribution in [3.63, 3.8) is 0 Å². The molecule has 0 atom stereocenters. The molecule has 0 aliphatic heterocycles. The van der Waals surface area contributed by atoms with Crippen LogP contribution in [0.1, 0.15) is 5.56 Å². The number of aromatic nitrogens is 3. The predicted octanol–water partition coefficient (Wildman–Crippen LogP) is 2.97.